The standard InChI is InChI=1S/C9H9N5OS/c1-2-3-14-4-5-15-9-8(14)10-6-7(11-9)13-16-12-6/h2H,1,3-5H2. The minimum Gasteiger partial charge on any atom is -0.473 e. The van der Waals surface area contributed by atoms with Crippen molar-refractivity contribution in [2.45, 2.75) is 0 Å². The molecule has 0 radical (unpaired) electrons. The van der Waals surface area contributed by atoms with Crippen molar-refractivity contribution in [1.29, 1.82) is 0 Å². The van der Waals surface area contributed by atoms with Crippen LogP contribution in [0.25, 0.3) is 11.3 Å². The quantitative estimate of drug-likeness (QED) is 0.719. The van der Waals surface area contributed by atoms with Gasteiger partial charge in [0.1, 0.15) is 6.61 Å². The molecule has 0 bridgehead atoms. The van der Waals surface area contributed by atoms with Crippen molar-refractivity contribution in [1.82, 2.24) is 18.7 Å². The fourth-order valence-electron chi connectivity index (χ4n) is 1.61. The molecule has 7 heteroatoms. The zero-order valence-corrected chi connectivity index (χ0v) is 9.27. The first-order chi connectivity index (χ1) is 7.88. The van der Waals surface area contributed by atoms with Crippen molar-refractivity contribution in [3.8, 4) is 5.88 Å². The lowest BCUT2D eigenvalue weighted by Crippen LogP contribution is -2.34. The second-order valence-electron chi connectivity index (χ2n) is 3.35. The highest BCUT2D eigenvalue weighted by atomic mass is 32.1. The van der Waals surface area contributed by atoms with Crippen LogP contribution in [0.5, 0.6) is 5.88 Å². The molecule has 0 atom stereocenters. The highest BCUT2D eigenvalue weighted by Crippen LogP contribution is 2.28. The zero-order valence-electron chi connectivity index (χ0n) is 8.46. The van der Waals surface area contributed by atoms with Crippen molar-refractivity contribution in [3.63, 3.8) is 0 Å². The number of fused-ring (bicyclic) bond motifs is 2. The Hall–Kier alpha value is -1.76. The molecule has 3 rings (SSSR count). The lowest BCUT2D eigenvalue weighted by molar-refractivity contribution is 0.296. The lowest BCUT2D eigenvalue weighted by atomic mass is 10.4. The molecule has 1 aliphatic rings. The summed E-state index contributed by atoms with van der Waals surface area (Å²) in [6, 6.07) is 0. The van der Waals surface area contributed by atoms with Crippen LogP contribution < -0.4 is 9.64 Å². The monoisotopic (exact) mass is 235 g/mol. The highest BCUT2D eigenvalue weighted by molar-refractivity contribution is 6.99. The first-order valence-electron chi connectivity index (χ1n) is 4.87. The molecule has 0 aromatic carbocycles. The largest absolute Gasteiger partial charge is 0.473 e. The van der Waals surface area contributed by atoms with Crippen LogP contribution in [-0.4, -0.2) is 38.4 Å². The van der Waals surface area contributed by atoms with E-state index >= 15 is 0 Å². The molecule has 82 valence electrons. The maximum absolute atomic E-state index is 5.46. The fourth-order valence-corrected chi connectivity index (χ4v) is 2.05. The number of rotatable bonds is 2. The van der Waals surface area contributed by atoms with Crippen LogP contribution in [-0.2, 0) is 0 Å². The Balaban J connectivity index is 2.13. The maximum atomic E-state index is 5.46. The summed E-state index contributed by atoms with van der Waals surface area (Å²) >= 11 is 1.11. The summed E-state index contributed by atoms with van der Waals surface area (Å²) in [5.41, 5.74) is 1.12. The highest BCUT2D eigenvalue weighted by Gasteiger charge is 2.22. The third kappa shape index (κ3) is 1.40. The first kappa shape index (κ1) is 9.46. The van der Waals surface area contributed by atoms with Gasteiger partial charge in [0.05, 0.1) is 18.3 Å². The summed E-state index contributed by atoms with van der Waals surface area (Å²) in [5, 5.41) is 0. The molecule has 0 aliphatic carbocycles. The van der Waals surface area contributed by atoms with Crippen molar-refractivity contribution >= 4 is 28.8 Å². The molecule has 2 aromatic heterocycles. The first-order valence-corrected chi connectivity index (χ1v) is 5.60. The van der Waals surface area contributed by atoms with E-state index in [0.717, 1.165) is 30.6 Å². The van der Waals surface area contributed by atoms with Gasteiger partial charge in [-0.2, -0.15) is 13.7 Å². The van der Waals surface area contributed by atoms with E-state index in [9.17, 15) is 0 Å². The summed E-state index contributed by atoms with van der Waals surface area (Å²) in [4.78, 5) is 10.8. The molecule has 0 saturated heterocycles. The number of hydrogen-bond acceptors (Lipinski definition) is 7. The molecular formula is C9H9N5OS. The van der Waals surface area contributed by atoms with E-state index in [1.807, 2.05) is 6.08 Å². The van der Waals surface area contributed by atoms with Gasteiger partial charge in [-0.15, -0.1) is 6.58 Å². The predicted octanol–water partition coefficient (Wildman–Crippen LogP) is 0.866. The smallest absolute Gasteiger partial charge is 0.259 e. The normalized spacial score (nSPS) is 14.6. The fraction of sp³-hybridized carbons (Fsp3) is 0.333. The van der Waals surface area contributed by atoms with E-state index in [0.29, 0.717) is 23.8 Å². The van der Waals surface area contributed by atoms with E-state index in [-0.39, 0.29) is 0 Å². The van der Waals surface area contributed by atoms with Crippen molar-refractivity contribution in [3.05, 3.63) is 12.7 Å². The van der Waals surface area contributed by atoms with Gasteiger partial charge in [-0.05, 0) is 0 Å². The van der Waals surface area contributed by atoms with Gasteiger partial charge in [0.2, 0.25) is 11.3 Å². The number of nitrogens with zero attached hydrogens (tertiary/aromatic N) is 5. The summed E-state index contributed by atoms with van der Waals surface area (Å²) in [5.74, 6) is 1.26. The van der Waals surface area contributed by atoms with Gasteiger partial charge in [0.25, 0.3) is 5.88 Å². The average molecular weight is 235 g/mol. The molecular weight excluding hydrogens is 226 g/mol. The molecule has 2 aromatic rings. The van der Waals surface area contributed by atoms with Gasteiger partial charge < -0.3 is 9.64 Å². The van der Waals surface area contributed by atoms with E-state index in [1.54, 1.807) is 0 Å². The minimum atomic E-state index is 0.535. The SMILES string of the molecule is C=CCN1CCOc2nc3nsnc3nc21. The Bertz CT molecular complexity index is 540. The third-order valence-corrected chi connectivity index (χ3v) is 2.82. The van der Waals surface area contributed by atoms with Crippen molar-refractivity contribution < 1.29 is 4.74 Å². The summed E-state index contributed by atoms with van der Waals surface area (Å²) in [6.45, 7) is 5.85. The molecule has 16 heavy (non-hydrogen) atoms. The summed E-state index contributed by atoms with van der Waals surface area (Å²) in [7, 11) is 0. The van der Waals surface area contributed by atoms with E-state index in [4.69, 9.17) is 4.74 Å². The molecule has 1 aliphatic heterocycles. The average Bonchev–Trinajstić information content (AvgIpc) is 2.74. The Kier molecular flexibility index (Phi) is 2.17. The predicted molar refractivity (Wildman–Crippen MR) is 60.9 cm³/mol. The molecule has 0 N–H and O–H groups in total. The molecule has 0 fully saturated rings. The Morgan fingerprint density at radius 2 is 2.19 bits per heavy atom. The molecule has 0 unspecified atom stereocenters. The number of hydrogen-bond donors (Lipinski definition) is 0. The van der Waals surface area contributed by atoms with Gasteiger partial charge in [0, 0.05) is 6.54 Å². The van der Waals surface area contributed by atoms with Crippen LogP contribution in [0.3, 0.4) is 0 Å². The third-order valence-electron chi connectivity index (χ3n) is 2.31. The van der Waals surface area contributed by atoms with Gasteiger partial charge in [0.15, 0.2) is 5.82 Å². The second-order valence-corrected chi connectivity index (χ2v) is 3.88. The van der Waals surface area contributed by atoms with Crippen LogP contribution in [0, 0.1) is 0 Å². The van der Waals surface area contributed by atoms with E-state index in [2.05, 4.69) is 30.2 Å². The van der Waals surface area contributed by atoms with Gasteiger partial charge >= 0.3 is 0 Å². The minimum absolute atomic E-state index is 0.535. The Morgan fingerprint density at radius 3 is 3.00 bits per heavy atom. The summed E-state index contributed by atoms with van der Waals surface area (Å²) < 4.78 is 13.6. The Labute approximate surface area is 95.9 Å². The van der Waals surface area contributed by atoms with Crippen LogP contribution in [0.15, 0.2) is 12.7 Å². The molecule has 6 nitrogen and oxygen atoms in total. The van der Waals surface area contributed by atoms with Gasteiger partial charge in [-0.1, -0.05) is 6.08 Å². The Morgan fingerprint density at radius 1 is 1.38 bits per heavy atom. The maximum Gasteiger partial charge on any atom is 0.259 e. The number of anilines is 1. The van der Waals surface area contributed by atoms with Crippen LogP contribution in [0.2, 0.25) is 0 Å². The van der Waals surface area contributed by atoms with E-state index in [1.165, 1.54) is 0 Å². The molecule has 3 heterocycles. The van der Waals surface area contributed by atoms with E-state index < -0.39 is 0 Å². The zero-order chi connectivity index (χ0) is 11.0. The van der Waals surface area contributed by atoms with Crippen LogP contribution >= 0.6 is 11.7 Å². The molecule has 0 spiro atoms. The topological polar surface area (TPSA) is 64.0 Å². The summed E-state index contributed by atoms with van der Waals surface area (Å²) in [6.07, 6.45) is 1.83. The van der Waals surface area contributed by atoms with Crippen molar-refractivity contribution in [2.75, 3.05) is 24.6 Å². The lowest BCUT2D eigenvalue weighted by Gasteiger charge is -2.27. The molecule has 0 saturated carbocycles. The number of aromatic nitrogens is 4. The van der Waals surface area contributed by atoms with Gasteiger partial charge in [-0.3, -0.25) is 0 Å². The number of ether oxygens (including phenoxy) is 1. The van der Waals surface area contributed by atoms with Crippen LogP contribution in [0.4, 0.5) is 5.82 Å². The van der Waals surface area contributed by atoms with Crippen LogP contribution in [0.1, 0.15) is 0 Å². The molecule has 0 amide bonds. The van der Waals surface area contributed by atoms with Crippen molar-refractivity contribution in [2.24, 2.45) is 0 Å². The second kappa shape index (κ2) is 3.67. The van der Waals surface area contributed by atoms with Gasteiger partial charge in [-0.25, -0.2) is 4.98 Å².